The van der Waals surface area contributed by atoms with Crippen molar-refractivity contribution in [3.8, 4) is 0 Å². The standard InChI is InChI=1S/C24H39NS/c1-7-10-11-17-26-18-12-16-25(20(4)5)24(13-8-2)23-19-21(6)14-15-22(23)9-3/h8,13-15,19-20H,2,7,9-12,16-18H2,1,3-6H3/b24-13+. The highest BCUT2D eigenvalue weighted by Gasteiger charge is 2.17. The largest absolute Gasteiger partial charge is 0.369 e. The zero-order chi connectivity index (χ0) is 19.4. The second kappa shape index (κ2) is 13.1. The Morgan fingerprint density at radius 3 is 2.50 bits per heavy atom. The van der Waals surface area contributed by atoms with E-state index in [1.807, 2.05) is 6.08 Å². The van der Waals surface area contributed by atoms with Crippen molar-refractivity contribution >= 4 is 17.5 Å². The van der Waals surface area contributed by atoms with E-state index < -0.39 is 0 Å². The number of hydrogen-bond donors (Lipinski definition) is 0. The molecule has 146 valence electrons. The molecule has 0 fully saturated rings. The second-order valence-electron chi connectivity index (χ2n) is 7.26. The van der Waals surface area contributed by atoms with Crippen LogP contribution in [0, 0.1) is 6.92 Å². The summed E-state index contributed by atoms with van der Waals surface area (Å²) < 4.78 is 0. The van der Waals surface area contributed by atoms with Gasteiger partial charge in [0.05, 0.1) is 0 Å². The van der Waals surface area contributed by atoms with Crippen LogP contribution in [-0.2, 0) is 6.42 Å². The van der Waals surface area contributed by atoms with E-state index in [1.54, 1.807) is 0 Å². The minimum atomic E-state index is 0.483. The highest BCUT2D eigenvalue weighted by molar-refractivity contribution is 7.99. The number of nitrogens with zero attached hydrogens (tertiary/aromatic N) is 1. The predicted molar refractivity (Wildman–Crippen MR) is 122 cm³/mol. The number of aryl methyl sites for hydroxylation is 2. The third-order valence-electron chi connectivity index (χ3n) is 4.71. The van der Waals surface area contributed by atoms with Gasteiger partial charge in [0.15, 0.2) is 0 Å². The van der Waals surface area contributed by atoms with Gasteiger partial charge in [0.25, 0.3) is 0 Å². The zero-order valence-corrected chi connectivity index (χ0v) is 18.5. The zero-order valence-electron chi connectivity index (χ0n) is 17.7. The molecule has 0 amide bonds. The summed E-state index contributed by atoms with van der Waals surface area (Å²) in [7, 11) is 0. The SMILES string of the molecule is C=C/C=C(\c1cc(C)ccc1CC)N(CCCSCCCCC)C(C)C. The molecule has 1 nitrogen and oxygen atoms in total. The Labute approximate surface area is 167 Å². The lowest BCUT2D eigenvalue weighted by Gasteiger charge is -2.33. The lowest BCUT2D eigenvalue weighted by atomic mass is 9.98. The van der Waals surface area contributed by atoms with Gasteiger partial charge in [-0.2, -0.15) is 11.8 Å². The number of allylic oxidation sites excluding steroid dienone is 2. The summed E-state index contributed by atoms with van der Waals surface area (Å²) in [4.78, 5) is 2.56. The average molecular weight is 374 g/mol. The maximum absolute atomic E-state index is 3.98. The summed E-state index contributed by atoms with van der Waals surface area (Å²) >= 11 is 2.11. The summed E-state index contributed by atoms with van der Waals surface area (Å²) in [5.41, 5.74) is 5.44. The molecule has 0 atom stereocenters. The van der Waals surface area contributed by atoms with E-state index in [-0.39, 0.29) is 0 Å². The van der Waals surface area contributed by atoms with Gasteiger partial charge >= 0.3 is 0 Å². The van der Waals surface area contributed by atoms with Gasteiger partial charge in [0.2, 0.25) is 0 Å². The molecule has 1 aromatic rings. The molecular formula is C24H39NS. The van der Waals surface area contributed by atoms with Crippen LogP contribution >= 0.6 is 11.8 Å². The topological polar surface area (TPSA) is 3.24 Å². The van der Waals surface area contributed by atoms with Gasteiger partial charge in [0, 0.05) is 23.8 Å². The fraction of sp³-hybridized carbons (Fsp3) is 0.583. The Morgan fingerprint density at radius 2 is 1.88 bits per heavy atom. The first-order chi connectivity index (χ1) is 12.5. The molecule has 0 N–H and O–H groups in total. The smallest absolute Gasteiger partial charge is 0.0444 e. The van der Waals surface area contributed by atoms with E-state index in [2.05, 4.69) is 82.1 Å². The fourth-order valence-electron chi connectivity index (χ4n) is 3.24. The molecule has 0 aliphatic rings. The fourth-order valence-corrected chi connectivity index (χ4v) is 4.18. The molecular weight excluding hydrogens is 334 g/mol. The first-order valence-corrected chi connectivity index (χ1v) is 11.5. The minimum Gasteiger partial charge on any atom is -0.369 e. The molecule has 0 spiro atoms. The van der Waals surface area contributed by atoms with E-state index in [0.717, 1.165) is 13.0 Å². The molecule has 0 heterocycles. The van der Waals surface area contributed by atoms with Crippen LogP contribution in [0.5, 0.6) is 0 Å². The monoisotopic (exact) mass is 373 g/mol. The second-order valence-corrected chi connectivity index (χ2v) is 8.49. The highest BCUT2D eigenvalue weighted by Crippen LogP contribution is 2.27. The van der Waals surface area contributed by atoms with Crippen LogP contribution in [0.15, 0.2) is 36.9 Å². The Morgan fingerprint density at radius 1 is 1.15 bits per heavy atom. The van der Waals surface area contributed by atoms with Crippen molar-refractivity contribution < 1.29 is 0 Å². The number of hydrogen-bond acceptors (Lipinski definition) is 2. The maximum Gasteiger partial charge on any atom is 0.0444 e. The Hall–Kier alpha value is -1.15. The van der Waals surface area contributed by atoms with Crippen LogP contribution in [0.3, 0.4) is 0 Å². The molecule has 0 aliphatic heterocycles. The molecule has 0 unspecified atom stereocenters. The van der Waals surface area contributed by atoms with E-state index in [0.29, 0.717) is 6.04 Å². The predicted octanol–water partition coefficient (Wildman–Crippen LogP) is 7.11. The lowest BCUT2D eigenvalue weighted by Crippen LogP contribution is -2.31. The molecule has 0 bridgehead atoms. The summed E-state index contributed by atoms with van der Waals surface area (Å²) in [6.45, 7) is 16.4. The molecule has 0 aromatic heterocycles. The van der Waals surface area contributed by atoms with Gasteiger partial charge in [-0.05, 0) is 69.2 Å². The third-order valence-corrected chi connectivity index (χ3v) is 5.87. The van der Waals surface area contributed by atoms with Crippen molar-refractivity contribution in [3.63, 3.8) is 0 Å². The van der Waals surface area contributed by atoms with Crippen molar-refractivity contribution in [2.45, 2.75) is 72.8 Å². The van der Waals surface area contributed by atoms with Gasteiger partial charge in [-0.3, -0.25) is 0 Å². The van der Waals surface area contributed by atoms with Gasteiger partial charge in [-0.1, -0.05) is 57.0 Å². The van der Waals surface area contributed by atoms with Crippen molar-refractivity contribution in [2.24, 2.45) is 0 Å². The lowest BCUT2D eigenvalue weighted by molar-refractivity contribution is 0.331. The quantitative estimate of drug-likeness (QED) is 0.268. The molecule has 1 rings (SSSR count). The molecule has 0 saturated carbocycles. The van der Waals surface area contributed by atoms with Gasteiger partial charge in [-0.15, -0.1) is 0 Å². The van der Waals surface area contributed by atoms with Crippen LogP contribution in [0.4, 0.5) is 0 Å². The van der Waals surface area contributed by atoms with Gasteiger partial charge < -0.3 is 4.90 Å². The van der Waals surface area contributed by atoms with Crippen LogP contribution < -0.4 is 0 Å². The summed E-state index contributed by atoms with van der Waals surface area (Å²) in [5.74, 6) is 2.56. The molecule has 0 aliphatic carbocycles. The van der Waals surface area contributed by atoms with Crippen LogP contribution in [-0.4, -0.2) is 29.0 Å². The number of unbranched alkanes of at least 4 members (excludes halogenated alkanes) is 2. The normalized spacial score (nSPS) is 11.8. The van der Waals surface area contributed by atoms with E-state index in [9.17, 15) is 0 Å². The Kier molecular flexibility index (Phi) is 11.5. The van der Waals surface area contributed by atoms with E-state index in [1.165, 1.54) is 59.6 Å². The third kappa shape index (κ3) is 7.61. The summed E-state index contributed by atoms with van der Waals surface area (Å²) in [6.07, 6.45) is 10.5. The number of benzene rings is 1. The van der Waals surface area contributed by atoms with Crippen LogP contribution in [0.2, 0.25) is 0 Å². The van der Waals surface area contributed by atoms with Crippen LogP contribution in [0.25, 0.3) is 5.70 Å². The maximum atomic E-state index is 3.98. The number of thioether (sulfide) groups is 1. The molecule has 26 heavy (non-hydrogen) atoms. The van der Waals surface area contributed by atoms with Crippen LogP contribution in [0.1, 0.15) is 70.1 Å². The van der Waals surface area contributed by atoms with Gasteiger partial charge in [0.1, 0.15) is 0 Å². The average Bonchev–Trinajstić information content (AvgIpc) is 2.62. The van der Waals surface area contributed by atoms with Gasteiger partial charge in [-0.25, -0.2) is 0 Å². The molecule has 0 saturated heterocycles. The highest BCUT2D eigenvalue weighted by atomic mass is 32.2. The van der Waals surface area contributed by atoms with Crippen molar-refractivity contribution in [1.82, 2.24) is 4.90 Å². The van der Waals surface area contributed by atoms with Crippen molar-refractivity contribution in [2.75, 3.05) is 18.1 Å². The Balaban J connectivity index is 2.85. The molecule has 1 aromatic carbocycles. The van der Waals surface area contributed by atoms with Crippen molar-refractivity contribution in [3.05, 3.63) is 53.6 Å². The first kappa shape index (κ1) is 22.9. The van der Waals surface area contributed by atoms with Crippen molar-refractivity contribution in [1.29, 1.82) is 0 Å². The summed E-state index contributed by atoms with van der Waals surface area (Å²) in [5, 5.41) is 0. The van der Waals surface area contributed by atoms with E-state index in [4.69, 9.17) is 0 Å². The summed E-state index contributed by atoms with van der Waals surface area (Å²) in [6, 6.07) is 7.32. The minimum absolute atomic E-state index is 0.483. The molecule has 0 radical (unpaired) electrons. The number of rotatable bonds is 13. The van der Waals surface area contributed by atoms with E-state index >= 15 is 0 Å². The molecule has 2 heteroatoms. The Bertz CT molecular complexity index is 559. The first-order valence-electron chi connectivity index (χ1n) is 10.3.